The molecule has 2 rings (SSSR count). The van der Waals surface area contributed by atoms with Crippen LogP contribution in [0.2, 0.25) is 0 Å². The van der Waals surface area contributed by atoms with Gasteiger partial charge in [-0.25, -0.2) is 0 Å². The summed E-state index contributed by atoms with van der Waals surface area (Å²) in [5, 5.41) is 0. The maximum Gasteiger partial charge on any atom is 0.191 e. The smallest absolute Gasteiger partial charge is 0.191 e. The number of carbonyl (C=O) groups is 1. The van der Waals surface area contributed by atoms with Crippen LogP contribution in [0, 0.1) is 5.92 Å². The minimum Gasteiger partial charge on any atom is -0.367 e. The average molecular weight is 246 g/mol. The molecule has 1 fully saturated rings. The van der Waals surface area contributed by atoms with E-state index in [4.69, 9.17) is 4.74 Å². The molecule has 0 bridgehead atoms. The summed E-state index contributed by atoms with van der Waals surface area (Å²) in [6.45, 7) is 6.43. The Balaban J connectivity index is 2.03. The minimum absolute atomic E-state index is 0.135. The maximum absolute atomic E-state index is 12.2. The molecule has 18 heavy (non-hydrogen) atoms. The fourth-order valence-electron chi connectivity index (χ4n) is 2.46. The van der Waals surface area contributed by atoms with Crippen LogP contribution in [-0.4, -0.2) is 18.0 Å². The average Bonchev–Trinajstić information content (AvgIpc) is 2.75. The molecule has 1 aromatic rings. The van der Waals surface area contributed by atoms with E-state index in [9.17, 15) is 4.79 Å². The van der Waals surface area contributed by atoms with Crippen molar-refractivity contribution in [1.82, 2.24) is 0 Å². The van der Waals surface area contributed by atoms with Crippen molar-refractivity contribution in [1.29, 1.82) is 0 Å². The highest BCUT2D eigenvalue weighted by Crippen LogP contribution is 2.22. The van der Waals surface area contributed by atoms with E-state index >= 15 is 0 Å². The van der Waals surface area contributed by atoms with Crippen LogP contribution in [0.1, 0.15) is 49.5 Å². The van der Waals surface area contributed by atoms with Crippen LogP contribution in [0.4, 0.5) is 0 Å². The Morgan fingerprint density at radius 1 is 1.28 bits per heavy atom. The van der Waals surface area contributed by atoms with Crippen LogP contribution in [0.5, 0.6) is 0 Å². The van der Waals surface area contributed by atoms with Gasteiger partial charge in [0.15, 0.2) is 5.78 Å². The molecule has 0 radical (unpaired) electrons. The minimum atomic E-state index is -0.226. The quantitative estimate of drug-likeness (QED) is 0.758. The molecule has 0 saturated carbocycles. The lowest BCUT2D eigenvalue weighted by atomic mass is 9.98. The fourth-order valence-corrected chi connectivity index (χ4v) is 2.46. The van der Waals surface area contributed by atoms with E-state index in [0.717, 1.165) is 24.8 Å². The SMILES string of the molecule is CC(C)Cc1ccc(C(=O)C2CCC(C)O2)cc1. The molecule has 2 unspecified atom stereocenters. The zero-order chi connectivity index (χ0) is 13.1. The van der Waals surface area contributed by atoms with Crippen molar-refractivity contribution in [3.8, 4) is 0 Å². The van der Waals surface area contributed by atoms with E-state index in [1.54, 1.807) is 0 Å². The molecular weight excluding hydrogens is 224 g/mol. The molecule has 1 aromatic carbocycles. The summed E-state index contributed by atoms with van der Waals surface area (Å²) in [5.41, 5.74) is 2.07. The number of ketones is 1. The molecule has 1 saturated heterocycles. The zero-order valence-electron chi connectivity index (χ0n) is 11.5. The first-order valence-corrected chi connectivity index (χ1v) is 6.85. The third-order valence-corrected chi connectivity index (χ3v) is 3.41. The van der Waals surface area contributed by atoms with E-state index < -0.39 is 0 Å². The Morgan fingerprint density at radius 2 is 1.94 bits per heavy atom. The van der Waals surface area contributed by atoms with Gasteiger partial charge in [0.05, 0.1) is 6.10 Å². The van der Waals surface area contributed by atoms with Gasteiger partial charge in [-0.1, -0.05) is 38.1 Å². The topological polar surface area (TPSA) is 26.3 Å². The summed E-state index contributed by atoms with van der Waals surface area (Å²) in [7, 11) is 0. The largest absolute Gasteiger partial charge is 0.367 e. The summed E-state index contributed by atoms with van der Waals surface area (Å²) in [4.78, 5) is 12.2. The molecule has 0 aromatic heterocycles. The van der Waals surface area contributed by atoms with Crippen LogP contribution in [0.25, 0.3) is 0 Å². The summed E-state index contributed by atoms with van der Waals surface area (Å²) < 4.78 is 5.62. The van der Waals surface area contributed by atoms with Gasteiger partial charge in [-0.2, -0.15) is 0 Å². The van der Waals surface area contributed by atoms with Crippen molar-refractivity contribution in [3.63, 3.8) is 0 Å². The van der Waals surface area contributed by atoms with Gasteiger partial charge in [-0.05, 0) is 37.7 Å². The third kappa shape index (κ3) is 3.20. The first-order valence-electron chi connectivity index (χ1n) is 6.85. The van der Waals surface area contributed by atoms with Crippen molar-refractivity contribution in [2.45, 2.75) is 52.2 Å². The number of benzene rings is 1. The summed E-state index contributed by atoms with van der Waals surface area (Å²) >= 11 is 0. The summed E-state index contributed by atoms with van der Waals surface area (Å²) in [5.74, 6) is 0.779. The maximum atomic E-state index is 12.2. The Kier molecular flexibility index (Phi) is 4.18. The molecule has 1 aliphatic rings. The van der Waals surface area contributed by atoms with Crippen LogP contribution in [-0.2, 0) is 11.2 Å². The van der Waals surface area contributed by atoms with Crippen molar-refractivity contribution < 1.29 is 9.53 Å². The van der Waals surface area contributed by atoms with Crippen LogP contribution in [0.3, 0.4) is 0 Å². The lowest BCUT2D eigenvalue weighted by molar-refractivity contribution is 0.0433. The highest BCUT2D eigenvalue weighted by molar-refractivity contribution is 5.99. The van der Waals surface area contributed by atoms with Crippen molar-refractivity contribution >= 4 is 5.78 Å². The number of hydrogen-bond acceptors (Lipinski definition) is 2. The molecular formula is C16H22O2. The normalized spacial score (nSPS) is 23.6. The molecule has 0 N–H and O–H groups in total. The monoisotopic (exact) mass is 246 g/mol. The van der Waals surface area contributed by atoms with E-state index in [2.05, 4.69) is 26.0 Å². The number of ether oxygens (including phenoxy) is 1. The predicted octanol–water partition coefficient (Wildman–Crippen LogP) is 3.64. The lowest BCUT2D eigenvalue weighted by Gasteiger charge is -2.11. The van der Waals surface area contributed by atoms with E-state index in [-0.39, 0.29) is 18.0 Å². The standard InChI is InChI=1S/C16H22O2/c1-11(2)10-13-5-7-14(8-6-13)16(17)15-9-4-12(3)18-15/h5-8,11-12,15H,4,9-10H2,1-3H3. The third-order valence-electron chi connectivity index (χ3n) is 3.41. The first-order chi connectivity index (χ1) is 8.56. The number of carbonyl (C=O) groups excluding carboxylic acids is 1. The van der Waals surface area contributed by atoms with Gasteiger partial charge in [-0.15, -0.1) is 0 Å². The molecule has 0 amide bonds. The van der Waals surface area contributed by atoms with Gasteiger partial charge in [0, 0.05) is 5.56 Å². The van der Waals surface area contributed by atoms with E-state index in [0.29, 0.717) is 5.92 Å². The van der Waals surface area contributed by atoms with Crippen molar-refractivity contribution in [3.05, 3.63) is 35.4 Å². The Morgan fingerprint density at radius 3 is 2.44 bits per heavy atom. The fraction of sp³-hybridized carbons (Fsp3) is 0.562. The predicted molar refractivity (Wildman–Crippen MR) is 72.9 cm³/mol. The summed E-state index contributed by atoms with van der Waals surface area (Å²) in [6.07, 6.45) is 2.90. The van der Waals surface area contributed by atoms with Crippen LogP contribution in [0.15, 0.2) is 24.3 Å². The van der Waals surface area contributed by atoms with Gasteiger partial charge >= 0.3 is 0 Å². The molecule has 1 aliphatic heterocycles. The zero-order valence-corrected chi connectivity index (χ0v) is 11.5. The molecule has 0 spiro atoms. The number of Topliss-reactive ketones (excluding diaryl/α,β-unsaturated/α-hetero) is 1. The van der Waals surface area contributed by atoms with Crippen LogP contribution >= 0.6 is 0 Å². The first kappa shape index (κ1) is 13.3. The Hall–Kier alpha value is -1.15. The molecule has 2 nitrogen and oxygen atoms in total. The second kappa shape index (κ2) is 5.66. The Labute approximate surface area is 109 Å². The Bertz CT molecular complexity index is 406. The van der Waals surface area contributed by atoms with Gasteiger partial charge in [0.1, 0.15) is 6.10 Å². The lowest BCUT2D eigenvalue weighted by Crippen LogP contribution is -2.20. The van der Waals surface area contributed by atoms with E-state index in [1.807, 2.05) is 19.1 Å². The summed E-state index contributed by atoms with van der Waals surface area (Å²) in [6, 6.07) is 8.00. The molecule has 2 heteroatoms. The van der Waals surface area contributed by atoms with Gasteiger partial charge in [0.2, 0.25) is 0 Å². The molecule has 0 aliphatic carbocycles. The second-order valence-electron chi connectivity index (χ2n) is 5.67. The van der Waals surface area contributed by atoms with Gasteiger partial charge in [-0.3, -0.25) is 4.79 Å². The molecule has 2 atom stereocenters. The van der Waals surface area contributed by atoms with Gasteiger partial charge < -0.3 is 4.74 Å². The van der Waals surface area contributed by atoms with Gasteiger partial charge in [0.25, 0.3) is 0 Å². The molecule has 98 valence electrons. The highest BCUT2D eigenvalue weighted by atomic mass is 16.5. The van der Waals surface area contributed by atoms with Crippen LogP contribution < -0.4 is 0 Å². The number of rotatable bonds is 4. The second-order valence-corrected chi connectivity index (χ2v) is 5.67. The highest BCUT2D eigenvalue weighted by Gasteiger charge is 2.28. The van der Waals surface area contributed by atoms with Crippen molar-refractivity contribution in [2.24, 2.45) is 5.92 Å². The van der Waals surface area contributed by atoms with Crippen molar-refractivity contribution in [2.75, 3.05) is 0 Å². The molecule has 1 heterocycles. The van der Waals surface area contributed by atoms with E-state index in [1.165, 1.54) is 5.56 Å². The number of hydrogen-bond donors (Lipinski definition) is 0.